The van der Waals surface area contributed by atoms with E-state index in [0.29, 0.717) is 0 Å². The molecule has 1 saturated heterocycles. The fraction of sp³-hybridized carbons (Fsp3) is 0.529. The highest BCUT2D eigenvalue weighted by Crippen LogP contribution is 2.43. The maximum absolute atomic E-state index is 12.7. The predicted molar refractivity (Wildman–Crippen MR) is 91.4 cm³/mol. The van der Waals surface area contributed by atoms with E-state index in [1.54, 1.807) is 6.92 Å². The van der Waals surface area contributed by atoms with E-state index in [4.69, 9.17) is 7.48 Å². The van der Waals surface area contributed by atoms with Crippen LogP contribution in [0.3, 0.4) is 0 Å². The summed E-state index contributed by atoms with van der Waals surface area (Å²) in [6.07, 6.45) is -4.69. The highest BCUT2D eigenvalue weighted by atomic mass is 32.2. The Kier molecular flexibility index (Phi) is 4.87. The van der Waals surface area contributed by atoms with E-state index >= 15 is 0 Å². The summed E-state index contributed by atoms with van der Waals surface area (Å²) >= 11 is 0. The molecule has 2 rings (SSSR count). The zero-order chi connectivity index (χ0) is 22.2. The van der Waals surface area contributed by atoms with Gasteiger partial charge in [0.25, 0.3) is 0 Å². The Bertz CT molecular complexity index is 873. The van der Waals surface area contributed by atoms with Crippen molar-refractivity contribution >= 4 is 21.4 Å². The molecule has 1 fully saturated rings. The van der Waals surface area contributed by atoms with Gasteiger partial charge < -0.3 is 25.2 Å². The lowest BCUT2D eigenvalue weighted by molar-refractivity contribution is -0.185. The third kappa shape index (κ3) is 3.02. The second kappa shape index (κ2) is 7.04. The number of rotatable bonds is 6. The molecule has 0 amide bonds. The van der Waals surface area contributed by atoms with Crippen molar-refractivity contribution in [2.24, 2.45) is 0 Å². The molecule has 1 aromatic carbocycles. The molecule has 1 aliphatic rings. The first-order chi connectivity index (χ1) is 13.4. The van der Waals surface area contributed by atoms with Gasteiger partial charge in [-0.25, -0.2) is 8.42 Å². The van der Waals surface area contributed by atoms with Crippen molar-refractivity contribution in [2.45, 2.75) is 54.5 Å². The molecule has 1 aromatic rings. The zero-order valence-corrected chi connectivity index (χ0v) is 15.2. The topological polar surface area (TPSA) is 158 Å². The third-order valence-electron chi connectivity index (χ3n) is 4.74. The van der Waals surface area contributed by atoms with Gasteiger partial charge in [0.2, 0.25) is 9.84 Å². The lowest BCUT2D eigenvalue weighted by Gasteiger charge is -2.36. The van der Waals surface area contributed by atoms with Crippen LogP contribution >= 0.6 is 0 Å². The van der Waals surface area contributed by atoms with Crippen LogP contribution in [0.5, 0.6) is 0 Å². The van der Waals surface area contributed by atoms with Crippen LogP contribution in [0.2, 0.25) is 0 Å². The van der Waals surface area contributed by atoms with E-state index in [2.05, 4.69) is 0 Å². The van der Waals surface area contributed by atoms with E-state index in [-0.39, 0.29) is 4.90 Å². The van der Waals surface area contributed by atoms with Crippen molar-refractivity contribution in [3.8, 4) is 0 Å². The number of ether oxygens (including phenoxy) is 1. The van der Waals surface area contributed by atoms with Gasteiger partial charge in [0, 0.05) is 2.74 Å². The summed E-state index contributed by atoms with van der Waals surface area (Å²) in [6, 6.07) is 5.27. The minimum Gasteiger partial charge on any atom is -0.393 e. The van der Waals surface area contributed by atoms with Crippen LogP contribution < -0.4 is 0 Å². The number of hydrogen-bond donors (Lipinski definition) is 4. The van der Waals surface area contributed by atoms with Crippen LogP contribution in [-0.4, -0.2) is 75.9 Å². The zero-order valence-electron chi connectivity index (χ0n) is 16.4. The molecule has 9 nitrogen and oxygen atoms in total. The number of aryl methyl sites for hydroxylation is 1. The Morgan fingerprint density at radius 3 is 2.30 bits per heavy atom. The monoisotopic (exact) mass is 404 g/mol. The number of aliphatic hydroxyl groups excluding tert-OH is 3. The van der Waals surface area contributed by atoms with Gasteiger partial charge >= 0.3 is 0 Å². The van der Waals surface area contributed by atoms with E-state index < -0.39 is 70.7 Å². The Hall–Kier alpha value is -1.69. The van der Waals surface area contributed by atoms with Gasteiger partial charge in [-0.2, -0.15) is 0 Å². The van der Waals surface area contributed by atoms with Crippen molar-refractivity contribution in [1.29, 1.82) is 0 Å². The third-order valence-corrected chi connectivity index (χ3v) is 6.57. The van der Waals surface area contributed by atoms with Crippen LogP contribution in [-0.2, 0) is 24.2 Å². The maximum atomic E-state index is 12.7. The second-order valence-corrected chi connectivity index (χ2v) is 8.42. The Balaban J connectivity index is 2.58. The number of carbonyl (C=O) groups is 2. The predicted octanol–water partition coefficient (Wildman–Crippen LogP) is -1.51. The molecule has 0 bridgehead atoms. The molecule has 150 valence electrons. The second-order valence-electron chi connectivity index (χ2n) is 6.37. The van der Waals surface area contributed by atoms with Crippen LogP contribution in [0.1, 0.15) is 22.1 Å². The standard InChI is InChI=1S/C17H22O9S/c1-9-4-6-12(7-5-9)27(24,25)15(22)13-14(21)17(23,11(3)20)16(8-18,26-13)10(2)19/h4-7,13-15,18,21-23H,8H2,1-3H3/t13-,14-,15?,16+,17+/m1/s1/i2D,3D. The molecule has 0 spiro atoms. The van der Waals surface area contributed by atoms with Gasteiger partial charge in [0.05, 0.1) is 11.5 Å². The smallest absolute Gasteiger partial charge is 0.207 e. The fourth-order valence-corrected chi connectivity index (χ4v) is 4.39. The normalized spacial score (nSPS) is 33.2. The van der Waals surface area contributed by atoms with Gasteiger partial charge in [-0.3, -0.25) is 9.59 Å². The first-order valence-electron chi connectivity index (χ1n) is 9.18. The molecule has 10 heteroatoms. The number of Topliss-reactive ketones (excluding diaryl/α,β-unsaturated/α-hetero) is 2. The SMILES string of the molecule is [2H]CC(=O)[C@]1(CO)O[C@@H](C(O)S(=O)(=O)c2ccc(C)cc2)[C@@H](O)[C@@]1(O)C(=O)C[2H]. The first kappa shape index (κ1) is 18.7. The summed E-state index contributed by atoms with van der Waals surface area (Å²) in [6.45, 7) is -1.92. The quantitative estimate of drug-likeness (QED) is 0.442. The number of hydrogen-bond acceptors (Lipinski definition) is 9. The molecule has 0 radical (unpaired) electrons. The molecule has 5 atom stereocenters. The average molecular weight is 404 g/mol. The maximum Gasteiger partial charge on any atom is 0.207 e. The molecule has 27 heavy (non-hydrogen) atoms. The largest absolute Gasteiger partial charge is 0.393 e. The van der Waals surface area contributed by atoms with Crippen LogP contribution in [0.15, 0.2) is 29.2 Å². The molecule has 1 heterocycles. The van der Waals surface area contributed by atoms with Gasteiger partial charge in [-0.15, -0.1) is 0 Å². The molecule has 4 N–H and O–H groups in total. The van der Waals surface area contributed by atoms with Gasteiger partial charge in [-0.05, 0) is 32.9 Å². The number of aliphatic hydroxyl groups is 4. The summed E-state index contributed by atoms with van der Waals surface area (Å²) < 4.78 is 45.0. The van der Waals surface area contributed by atoms with Crippen LogP contribution in [0, 0.1) is 6.92 Å². The Morgan fingerprint density at radius 1 is 1.26 bits per heavy atom. The minimum atomic E-state index is -4.58. The molecule has 0 saturated carbocycles. The minimum absolute atomic E-state index is 0.352. The van der Waals surface area contributed by atoms with Crippen molar-refractivity contribution in [3.05, 3.63) is 29.8 Å². The van der Waals surface area contributed by atoms with Crippen molar-refractivity contribution in [3.63, 3.8) is 0 Å². The van der Waals surface area contributed by atoms with Crippen molar-refractivity contribution in [2.75, 3.05) is 6.61 Å². The van der Waals surface area contributed by atoms with Gasteiger partial charge in [-0.1, -0.05) is 17.7 Å². The Labute approximate surface area is 158 Å². The summed E-state index contributed by atoms with van der Waals surface area (Å²) in [4.78, 5) is 24.2. The number of sulfone groups is 1. The van der Waals surface area contributed by atoms with E-state index in [1.807, 2.05) is 0 Å². The van der Waals surface area contributed by atoms with Gasteiger partial charge in [0.15, 0.2) is 28.2 Å². The lowest BCUT2D eigenvalue weighted by Crippen LogP contribution is -2.66. The summed E-state index contributed by atoms with van der Waals surface area (Å²) in [5.41, 5.74) is -7.93. The van der Waals surface area contributed by atoms with Crippen molar-refractivity contribution in [1.82, 2.24) is 0 Å². The van der Waals surface area contributed by atoms with E-state index in [9.17, 15) is 38.4 Å². The van der Waals surface area contributed by atoms with Crippen LogP contribution in [0.25, 0.3) is 0 Å². The number of ketones is 2. The number of carbonyl (C=O) groups excluding carboxylic acids is 2. The summed E-state index contributed by atoms with van der Waals surface area (Å²) in [7, 11) is -4.58. The Morgan fingerprint density at radius 2 is 1.81 bits per heavy atom. The van der Waals surface area contributed by atoms with Crippen LogP contribution in [0.4, 0.5) is 0 Å². The number of benzene rings is 1. The van der Waals surface area contributed by atoms with Gasteiger partial charge in [0.1, 0.15) is 12.2 Å². The van der Waals surface area contributed by atoms with Crippen molar-refractivity contribution < 1.29 is 45.9 Å². The lowest BCUT2D eigenvalue weighted by atomic mass is 9.75. The average Bonchev–Trinajstić information content (AvgIpc) is 2.95. The molecule has 0 aromatic heterocycles. The summed E-state index contributed by atoms with van der Waals surface area (Å²) in [5.74, 6) is -2.77. The van der Waals surface area contributed by atoms with E-state index in [1.165, 1.54) is 24.3 Å². The molecular weight excluding hydrogens is 380 g/mol. The highest BCUT2D eigenvalue weighted by molar-refractivity contribution is 7.92. The first-order valence-corrected chi connectivity index (χ1v) is 9.31. The molecule has 1 aliphatic heterocycles. The summed E-state index contributed by atoms with van der Waals surface area (Å²) in [5, 5.41) is 41.5. The molecule has 1 unspecified atom stereocenters. The van der Waals surface area contributed by atoms with E-state index in [0.717, 1.165) is 5.56 Å². The molecule has 0 aliphatic carbocycles. The highest BCUT2D eigenvalue weighted by Gasteiger charge is 2.71. The fourth-order valence-electron chi connectivity index (χ4n) is 3.04. The molecular formula is C17H22O9S.